The fraction of sp³-hybridized carbons (Fsp3) is 0.579. The molecule has 1 saturated heterocycles. The summed E-state index contributed by atoms with van der Waals surface area (Å²) in [6.07, 6.45) is 5.02. The molecular formula is C19H26N2O2. The lowest BCUT2D eigenvalue weighted by molar-refractivity contribution is 0.0175. The number of fused-ring (bicyclic) bond motifs is 2. The first-order chi connectivity index (χ1) is 10.7. The van der Waals surface area contributed by atoms with E-state index < -0.39 is 5.60 Å². The molecule has 2 unspecified atom stereocenters. The molecule has 23 heavy (non-hydrogen) atoms. The second-order valence-electron chi connectivity index (χ2n) is 7.67. The highest BCUT2D eigenvalue weighted by atomic mass is 16.6. The molecule has 0 spiro atoms. The lowest BCUT2D eigenvalue weighted by atomic mass is 9.94. The van der Waals surface area contributed by atoms with Gasteiger partial charge in [-0.3, -0.25) is 9.88 Å². The molecule has 1 fully saturated rings. The molecule has 124 valence electrons. The lowest BCUT2D eigenvalue weighted by Crippen LogP contribution is -2.45. The Bertz CT molecular complexity index is 658. The van der Waals surface area contributed by atoms with E-state index in [1.54, 1.807) is 0 Å². The number of aromatic nitrogens is 1. The SMILES string of the molecule is Cc1ccc(C2=CC3CCC(C2)N3C(=O)OC(C)(C)C)c(C)n1. The molecule has 0 N–H and O–H groups in total. The van der Waals surface area contributed by atoms with E-state index in [-0.39, 0.29) is 18.2 Å². The number of hydrogen-bond donors (Lipinski definition) is 0. The van der Waals surface area contributed by atoms with Crippen molar-refractivity contribution in [3.05, 3.63) is 35.2 Å². The van der Waals surface area contributed by atoms with Crippen molar-refractivity contribution in [1.29, 1.82) is 0 Å². The van der Waals surface area contributed by atoms with Crippen molar-refractivity contribution in [3.63, 3.8) is 0 Å². The number of carbonyl (C=O) groups is 1. The quantitative estimate of drug-likeness (QED) is 0.778. The summed E-state index contributed by atoms with van der Waals surface area (Å²) < 4.78 is 5.58. The van der Waals surface area contributed by atoms with Crippen LogP contribution in [0.3, 0.4) is 0 Å². The summed E-state index contributed by atoms with van der Waals surface area (Å²) >= 11 is 0. The number of carbonyl (C=O) groups excluding carboxylic acids is 1. The van der Waals surface area contributed by atoms with Crippen LogP contribution < -0.4 is 0 Å². The van der Waals surface area contributed by atoms with Crippen molar-refractivity contribution in [2.24, 2.45) is 0 Å². The predicted molar refractivity (Wildman–Crippen MR) is 91.2 cm³/mol. The van der Waals surface area contributed by atoms with Gasteiger partial charge in [-0.2, -0.15) is 0 Å². The monoisotopic (exact) mass is 314 g/mol. The summed E-state index contributed by atoms with van der Waals surface area (Å²) in [4.78, 5) is 19.0. The fourth-order valence-corrected chi connectivity index (χ4v) is 3.66. The van der Waals surface area contributed by atoms with Crippen LogP contribution in [0.25, 0.3) is 5.57 Å². The van der Waals surface area contributed by atoms with E-state index in [1.807, 2.05) is 32.6 Å². The molecule has 1 aromatic rings. The molecule has 0 aliphatic carbocycles. The number of hydrogen-bond acceptors (Lipinski definition) is 3. The summed E-state index contributed by atoms with van der Waals surface area (Å²) in [6.45, 7) is 9.82. The van der Waals surface area contributed by atoms with Gasteiger partial charge in [0, 0.05) is 17.4 Å². The van der Waals surface area contributed by atoms with Crippen molar-refractivity contribution in [2.45, 2.75) is 71.6 Å². The minimum Gasteiger partial charge on any atom is -0.444 e. The van der Waals surface area contributed by atoms with E-state index in [0.717, 1.165) is 30.7 Å². The molecule has 1 aromatic heterocycles. The first kappa shape index (κ1) is 16.0. The Balaban J connectivity index is 1.84. The zero-order chi connectivity index (χ0) is 16.8. The Morgan fingerprint density at radius 3 is 2.61 bits per heavy atom. The zero-order valence-electron chi connectivity index (χ0n) is 14.7. The van der Waals surface area contributed by atoms with E-state index >= 15 is 0 Å². The van der Waals surface area contributed by atoms with Crippen LogP contribution in [-0.4, -0.2) is 33.7 Å². The number of ether oxygens (including phenoxy) is 1. The van der Waals surface area contributed by atoms with Crippen LogP contribution in [0.1, 0.15) is 57.0 Å². The van der Waals surface area contributed by atoms with Crippen LogP contribution in [0, 0.1) is 13.8 Å². The van der Waals surface area contributed by atoms with Gasteiger partial charge in [-0.25, -0.2) is 4.79 Å². The van der Waals surface area contributed by atoms with E-state index in [0.29, 0.717) is 0 Å². The Kier molecular flexibility index (Phi) is 3.95. The van der Waals surface area contributed by atoms with E-state index in [4.69, 9.17) is 4.74 Å². The van der Waals surface area contributed by atoms with Crippen molar-refractivity contribution in [1.82, 2.24) is 9.88 Å². The molecule has 2 bridgehead atoms. The van der Waals surface area contributed by atoms with Crippen LogP contribution in [0.15, 0.2) is 18.2 Å². The van der Waals surface area contributed by atoms with Gasteiger partial charge in [-0.15, -0.1) is 0 Å². The highest BCUT2D eigenvalue weighted by molar-refractivity contribution is 5.75. The predicted octanol–water partition coefficient (Wildman–Crippen LogP) is 4.25. The summed E-state index contributed by atoms with van der Waals surface area (Å²) in [5.41, 5.74) is 4.21. The molecule has 4 nitrogen and oxygen atoms in total. The van der Waals surface area contributed by atoms with Gasteiger partial charge < -0.3 is 4.74 Å². The van der Waals surface area contributed by atoms with Gasteiger partial charge in [0.25, 0.3) is 0 Å². The third-order valence-electron chi connectivity index (χ3n) is 4.57. The molecule has 4 heteroatoms. The average molecular weight is 314 g/mol. The van der Waals surface area contributed by atoms with Gasteiger partial charge in [0.05, 0.1) is 6.04 Å². The van der Waals surface area contributed by atoms with Crippen LogP contribution in [0.4, 0.5) is 4.79 Å². The maximum atomic E-state index is 12.5. The third kappa shape index (κ3) is 3.26. The maximum absolute atomic E-state index is 12.5. The molecule has 2 aliphatic rings. The van der Waals surface area contributed by atoms with Gasteiger partial charge in [-0.05, 0) is 71.1 Å². The second-order valence-corrected chi connectivity index (χ2v) is 7.67. The Morgan fingerprint density at radius 1 is 1.26 bits per heavy atom. The van der Waals surface area contributed by atoms with E-state index in [9.17, 15) is 4.79 Å². The topological polar surface area (TPSA) is 42.4 Å². The summed E-state index contributed by atoms with van der Waals surface area (Å²) in [7, 11) is 0. The highest BCUT2D eigenvalue weighted by Gasteiger charge is 2.41. The Labute approximate surface area is 138 Å². The second kappa shape index (κ2) is 5.66. The van der Waals surface area contributed by atoms with Gasteiger partial charge in [0.2, 0.25) is 0 Å². The molecule has 0 saturated carbocycles. The molecule has 2 atom stereocenters. The Hall–Kier alpha value is -1.84. The molecule has 0 aromatic carbocycles. The minimum absolute atomic E-state index is 0.152. The largest absolute Gasteiger partial charge is 0.444 e. The van der Waals surface area contributed by atoms with Gasteiger partial charge in [0.15, 0.2) is 0 Å². The van der Waals surface area contributed by atoms with Crippen LogP contribution in [0.5, 0.6) is 0 Å². The number of pyridine rings is 1. The molecule has 3 rings (SSSR count). The van der Waals surface area contributed by atoms with Crippen LogP contribution in [0.2, 0.25) is 0 Å². The molecule has 2 aliphatic heterocycles. The van der Waals surface area contributed by atoms with Crippen LogP contribution in [-0.2, 0) is 4.74 Å². The fourth-order valence-electron chi connectivity index (χ4n) is 3.66. The van der Waals surface area contributed by atoms with Crippen LogP contribution >= 0.6 is 0 Å². The number of rotatable bonds is 1. The molecule has 0 radical (unpaired) electrons. The standard InChI is InChI=1S/C19H26N2O2/c1-12-6-9-17(13(2)20-12)14-10-15-7-8-16(11-14)21(15)18(22)23-19(3,4)5/h6,9-10,15-16H,7-8,11H2,1-5H3. The summed E-state index contributed by atoms with van der Waals surface area (Å²) in [5.74, 6) is 0. The lowest BCUT2D eigenvalue weighted by Gasteiger charge is -2.35. The normalized spacial score (nSPS) is 23.7. The average Bonchev–Trinajstić information content (AvgIpc) is 2.68. The van der Waals surface area contributed by atoms with Crippen molar-refractivity contribution in [3.8, 4) is 0 Å². The first-order valence-electron chi connectivity index (χ1n) is 8.41. The van der Waals surface area contributed by atoms with Crippen molar-refractivity contribution < 1.29 is 9.53 Å². The molecule has 3 heterocycles. The smallest absolute Gasteiger partial charge is 0.411 e. The first-order valence-corrected chi connectivity index (χ1v) is 8.41. The number of amides is 1. The van der Waals surface area contributed by atoms with Gasteiger partial charge in [0.1, 0.15) is 5.60 Å². The maximum Gasteiger partial charge on any atom is 0.411 e. The number of aryl methyl sites for hydroxylation is 2. The zero-order valence-corrected chi connectivity index (χ0v) is 14.7. The molecule has 1 amide bonds. The number of nitrogens with zero attached hydrogens (tertiary/aromatic N) is 2. The highest BCUT2D eigenvalue weighted by Crippen LogP contribution is 2.39. The minimum atomic E-state index is -0.446. The summed E-state index contributed by atoms with van der Waals surface area (Å²) in [5, 5.41) is 0. The van der Waals surface area contributed by atoms with Gasteiger partial charge in [-0.1, -0.05) is 12.1 Å². The summed E-state index contributed by atoms with van der Waals surface area (Å²) in [6, 6.07) is 4.62. The van der Waals surface area contributed by atoms with Crippen molar-refractivity contribution >= 4 is 11.7 Å². The van der Waals surface area contributed by atoms with Crippen molar-refractivity contribution in [2.75, 3.05) is 0 Å². The van der Waals surface area contributed by atoms with E-state index in [1.165, 1.54) is 11.1 Å². The third-order valence-corrected chi connectivity index (χ3v) is 4.57. The Morgan fingerprint density at radius 2 is 2.00 bits per heavy atom. The molecular weight excluding hydrogens is 288 g/mol. The van der Waals surface area contributed by atoms with Gasteiger partial charge >= 0.3 is 6.09 Å². The van der Waals surface area contributed by atoms with E-state index in [2.05, 4.69) is 30.1 Å².